The van der Waals surface area contributed by atoms with Crippen LogP contribution in [-0.4, -0.2) is 55.1 Å². The van der Waals surface area contributed by atoms with Gasteiger partial charge in [0.25, 0.3) is 0 Å². The number of carbonyl (C=O) groups excluding carboxylic acids is 4. The summed E-state index contributed by atoms with van der Waals surface area (Å²) in [7, 11) is 2.45. The summed E-state index contributed by atoms with van der Waals surface area (Å²) in [4.78, 5) is 52.0. The number of ether oxygens (including phenoxy) is 3. The number of hydrogen-bond donors (Lipinski definition) is 1. The molecule has 0 aromatic heterocycles. The molecule has 2 amide bonds. The van der Waals surface area contributed by atoms with Gasteiger partial charge in [-0.25, -0.2) is 9.59 Å². The second-order valence-corrected chi connectivity index (χ2v) is 8.42. The van der Waals surface area contributed by atoms with Gasteiger partial charge in [-0.3, -0.25) is 14.5 Å². The Morgan fingerprint density at radius 3 is 2.29 bits per heavy atom. The normalized spacial score (nSPS) is 16.3. The van der Waals surface area contributed by atoms with E-state index in [2.05, 4.69) is 10.1 Å². The number of esters is 2. The second kappa shape index (κ2) is 12.0. The summed E-state index contributed by atoms with van der Waals surface area (Å²) >= 11 is 0. The van der Waals surface area contributed by atoms with Crippen LogP contribution in [0.15, 0.2) is 54.6 Å². The van der Waals surface area contributed by atoms with Gasteiger partial charge in [-0.1, -0.05) is 61.5 Å². The van der Waals surface area contributed by atoms with Gasteiger partial charge in [-0.15, -0.1) is 0 Å². The number of benzene rings is 2. The zero-order valence-electron chi connectivity index (χ0n) is 20.1. The lowest BCUT2D eigenvalue weighted by Crippen LogP contribution is -2.57. The Morgan fingerprint density at radius 1 is 0.971 bits per heavy atom. The van der Waals surface area contributed by atoms with Crippen molar-refractivity contribution >= 4 is 23.9 Å². The van der Waals surface area contributed by atoms with Crippen LogP contribution in [0.5, 0.6) is 0 Å². The van der Waals surface area contributed by atoms with Gasteiger partial charge in [0.2, 0.25) is 5.91 Å². The van der Waals surface area contributed by atoms with Gasteiger partial charge in [-0.05, 0) is 22.6 Å². The first-order valence-corrected chi connectivity index (χ1v) is 11.3. The molecule has 2 aromatic carbocycles. The Bertz CT molecular complexity index is 1060. The SMILES string of the molecule is COC(=O)C[C@@H](C)[C@@H](NC(=O)[C@@H]1Cc2ccccc2CN1C(=O)OCc1ccccc1)C(=O)OC. The third-order valence-electron chi connectivity index (χ3n) is 6.03. The van der Waals surface area contributed by atoms with Crippen LogP contribution in [0.2, 0.25) is 0 Å². The smallest absolute Gasteiger partial charge is 0.411 e. The second-order valence-electron chi connectivity index (χ2n) is 8.42. The maximum absolute atomic E-state index is 13.4. The number of carbonyl (C=O) groups is 4. The predicted octanol–water partition coefficient (Wildman–Crippen LogP) is 2.61. The van der Waals surface area contributed by atoms with Gasteiger partial charge in [0.15, 0.2) is 0 Å². The lowest BCUT2D eigenvalue weighted by Gasteiger charge is -2.36. The number of fused-ring (bicyclic) bond motifs is 1. The minimum absolute atomic E-state index is 0.0626. The summed E-state index contributed by atoms with van der Waals surface area (Å²) < 4.78 is 15.0. The summed E-state index contributed by atoms with van der Waals surface area (Å²) in [6.07, 6.45) is -0.477. The monoisotopic (exact) mass is 482 g/mol. The molecule has 1 aliphatic rings. The Kier molecular flexibility index (Phi) is 8.83. The third-order valence-corrected chi connectivity index (χ3v) is 6.03. The van der Waals surface area contributed by atoms with Crippen LogP contribution >= 0.6 is 0 Å². The number of nitrogens with one attached hydrogen (secondary N) is 1. The highest BCUT2D eigenvalue weighted by molar-refractivity contribution is 5.90. The Hall–Kier alpha value is -3.88. The lowest BCUT2D eigenvalue weighted by molar-refractivity contribution is -0.149. The van der Waals surface area contributed by atoms with Crippen molar-refractivity contribution in [2.45, 2.75) is 45.0 Å². The van der Waals surface area contributed by atoms with E-state index >= 15 is 0 Å². The molecule has 0 saturated carbocycles. The zero-order valence-corrected chi connectivity index (χ0v) is 20.1. The number of hydrogen-bond acceptors (Lipinski definition) is 7. The topological polar surface area (TPSA) is 111 Å². The fourth-order valence-corrected chi connectivity index (χ4v) is 4.03. The molecule has 35 heavy (non-hydrogen) atoms. The molecule has 0 bridgehead atoms. The highest BCUT2D eigenvalue weighted by atomic mass is 16.6. The molecule has 9 heteroatoms. The number of methoxy groups -OCH3 is 2. The largest absolute Gasteiger partial charge is 0.469 e. The Balaban J connectivity index is 1.80. The molecule has 0 spiro atoms. The number of nitrogens with zero attached hydrogens (tertiary/aromatic N) is 1. The van der Waals surface area contributed by atoms with Gasteiger partial charge in [0, 0.05) is 6.42 Å². The minimum Gasteiger partial charge on any atom is -0.469 e. The molecule has 0 aliphatic carbocycles. The third kappa shape index (κ3) is 6.59. The summed E-state index contributed by atoms with van der Waals surface area (Å²) in [6.45, 7) is 1.89. The first-order chi connectivity index (χ1) is 16.8. The number of amides is 2. The minimum atomic E-state index is -1.09. The van der Waals surface area contributed by atoms with E-state index in [4.69, 9.17) is 9.47 Å². The Labute approximate surface area is 204 Å². The fraction of sp³-hybridized carbons (Fsp3) is 0.385. The van der Waals surface area contributed by atoms with Crippen molar-refractivity contribution < 1.29 is 33.4 Å². The van der Waals surface area contributed by atoms with E-state index in [1.54, 1.807) is 6.92 Å². The Morgan fingerprint density at radius 2 is 1.63 bits per heavy atom. The average molecular weight is 483 g/mol. The molecular formula is C26H30N2O7. The molecule has 2 aromatic rings. The van der Waals surface area contributed by atoms with Crippen LogP contribution in [0.4, 0.5) is 4.79 Å². The van der Waals surface area contributed by atoms with E-state index in [1.807, 2.05) is 54.6 Å². The molecule has 0 radical (unpaired) electrons. The fourth-order valence-electron chi connectivity index (χ4n) is 4.03. The highest BCUT2D eigenvalue weighted by Gasteiger charge is 2.38. The zero-order chi connectivity index (χ0) is 25.4. The molecule has 1 N–H and O–H groups in total. The quantitative estimate of drug-likeness (QED) is 0.455. The van der Waals surface area contributed by atoms with Crippen molar-refractivity contribution in [2.24, 2.45) is 5.92 Å². The van der Waals surface area contributed by atoms with Crippen LogP contribution in [-0.2, 0) is 48.2 Å². The van der Waals surface area contributed by atoms with Crippen LogP contribution in [0.1, 0.15) is 30.0 Å². The van der Waals surface area contributed by atoms with E-state index in [0.717, 1.165) is 16.7 Å². The van der Waals surface area contributed by atoms with Crippen LogP contribution in [0.25, 0.3) is 0 Å². The van der Waals surface area contributed by atoms with Gasteiger partial charge in [-0.2, -0.15) is 0 Å². The molecule has 0 unspecified atom stereocenters. The van der Waals surface area contributed by atoms with Crippen molar-refractivity contribution in [3.63, 3.8) is 0 Å². The predicted molar refractivity (Wildman–Crippen MR) is 126 cm³/mol. The van der Waals surface area contributed by atoms with Crippen LogP contribution in [0, 0.1) is 5.92 Å². The van der Waals surface area contributed by atoms with E-state index in [-0.39, 0.29) is 26.0 Å². The average Bonchev–Trinajstić information content (AvgIpc) is 2.89. The first kappa shape index (κ1) is 25.7. The summed E-state index contributed by atoms with van der Waals surface area (Å²) in [6, 6.07) is 14.8. The van der Waals surface area contributed by atoms with Crippen LogP contribution < -0.4 is 5.32 Å². The molecule has 1 aliphatic heterocycles. The van der Waals surface area contributed by atoms with Crippen molar-refractivity contribution in [2.75, 3.05) is 14.2 Å². The summed E-state index contributed by atoms with van der Waals surface area (Å²) in [5.74, 6) is -2.33. The molecule has 0 fully saturated rings. The van der Waals surface area contributed by atoms with Gasteiger partial charge in [0.1, 0.15) is 18.7 Å². The van der Waals surface area contributed by atoms with E-state index in [9.17, 15) is 19.2 Å². The van der Waals surface area contributed by atoms with E-state index < -0.39 is 41.9 Å². The summed E-state index contributed by atoms with van der Waals surface area (Å²) in [5.41, 5.74) is 2.66. The van der Waals surface area contributed by atoms with Crippen molar-refractivity contribution in [1.29, 1.82) is 0 Å². The molecule has 1 heterocycles. The standard InChI is InChI=1S/C26H30N2O7/c1-17(13-22(29)33-2)23(25(31)34-3)27-24(30)21-14-19-11-7-8-12-20(19)15-28(21)26(32)35-16-18-9-5-4-6-10-18/h4-12,17,21,23H,13-16H2,1-3H3,(H,27,30)/t17-,21+,23-/m1/s1. The number of rotatable bonds is 8. The lowest BCUT2D eigenvalue weighted by atomic mass is 9.92. The maximum atomic E-state index is 13.4. The molecule has 9 nitrogen and oxygen atoms in total. The molecule has 3 rings (SSSR count). The highest BCUT2D eigenvalue weighted by Crippen LogP contribution is 2.25. The van der Waals surface area contributed by atoms with Crippen LogP contribution in [0.3, 0.4) is 0 Å². The molecular weight excluding hydrogens is 452 g/mol. The maximum Gasteiger partial charge on any atom is 0.411 e. The van der Waals surface area contributed by atoms with E-state index in [0.29, 0.717) is 0 Å². The van der Waals surface area contributed by atoms with E-state index in [1.165, 1.54) is 19.1 Å². The van der Waals surface area contributed by atoms with Crippen molar-refractivity contribution in [3.8, 4) is 0 Å². The molecule has 3 atom stereocenters. The molecule has 186 valence electrons. The van der Waals surface area contributed by atoms with Crippen molar-refractivity contribution in [3.05, 3.63) is 71.3 Å². The van der Waals surface area contributed by atoms with Gasteiger partial charge >= 0.3 is 18.0 Å². The molecule has 0 saturated heterocycles. The first-order valence-electron chi connectivity index (χ1n) is 11.3. The van der Waals surface area contributed by atoms with Crippen molar-refractivity contribution in [1.82, 2.24) is 10.2 Å². The van der Waals surface area contributed by atoms with Gasteiger partial charge in [0.05, 0.1) is 27.2 Å². The summed E-state index contributed by atoms with van der Waals surface area (Å²) in [5, 5.41) is 2.69. The van der Waals surface area contributed by atoms with Gasteiger partial charge < -0.3 is 19.5 Å².